The van der Waals surface area contributed by atoms with Crippen LogP contribution in [0.25, 0.3) is 0 Å². The first-order chi connectivity index (χ1) is 11.8. The van der Waals surface area contributed by atoms with Crippen LogP contribution in [0.15, 0.2) is 11.6 Å². The highest BCUT2D eigenvalue weighted by atomic mass is 16.7. The first kappa shape index (κ1) is 18.8. The van der Waals surface area contributed by atoms with Gasteiger partial charge in [-0.25, -0.2) is 4.79 Å². The van der Waals surface area contributed by atoms with E-state index in [1.807, 2.05) is 13.0 Å². The molecule has 0 aromatic heterocycles. The van der Waals surface area contributed by atoms with Crippen LogP contribution in [-0.4, -0.2) is 36.4 Å². The highest BCUT2D eigenvalue weighted by molar-refractivity contribution is 5.98. The van der Waals surface area contributed by atoms with Gasteiger partial charge in [0.25, 0.3) is 0 Å². The van der Waals surface area contributed by atoms with Gasteiger partial charge in [0.1, 0.15) is 17.1 Å². The molecule has 1 aromatic rings. The van der Waals surface area contributed by atoms with Crippen LogP contribution in [0.5, 0.6) is 11.5 Å². The highest BCUT2D eigenvalue weighted by Gasteiger charge is 2.38. The van der Waals surface area contributed by atoms with E-state index in [0.717, 1.165) is 5.57 Å². The number of fused-ring (bicyclic) bond motifs is 1. The molecule has 1 aliphatic rings. The highest BCUT2D eigenvalue weighted by Crippen LogP contribution is 2.46. The van der Waals surface area contributed by atoms with E-state index >= 15 is 0 Å². The fourth-order valence-corrected chi connectivity index (χ4v) is 2.95. The zero-order chi connectivity index (χ0) is 18.7. The summed E-state index contributed by atoms with van der Waals surface area (Å²) in [7, 11) is 2.90. The number of aliphatic carboxylic acids is 1. The number of allylic oxidation sites excluding steroid dienone is 2. The van der Waals surface area contributed by atoms with Crippen molar-refractivity contribution in [2.75, 3.05) is 14.2 Å². The van der Waals surface area contributed by atoms with Gasteiger partial charge in [-0.15, -0.1) is 0 Å². The largest absolute Gasteiger partial charge is 0.507 e. The van der Waals surface area contributed by atoms with Gasteiger partial charge in [-0.2, -0.15) is 0 Å². The van der Waals surface area contributed by atoms with Crippen molar-refractivity contribution in [2.24, 2.45) is 0 Å². The third kappa shape index (κ3) is 3.61. The van der Waals surface area contributed by atoms with Crippen LogP contribution < -0.4 is 4.74 Å². The van der Waals surface area contributed by atoms with Crippen molar-refractivity contribution in [3.8, 4) is 11.5 Å². The van der Waals surface area contributed by atoms with Crippen molar-refractivity contribution in [1.29, 1.82) is 0 Å². The molecule has 1 aromatic carbocycles. The Balaban J connectivity index is 2.44. The second kappa shape index (κ2) is 7.57. The second-order valence-corrected chi connectivity index (χ2v) is 5.90. The van der Waals surface area contributed by atoms with Gasteiger partial charge >= 0.3 is 11.9 Å². The lowest BCUT2D eigenvalue weighted by Crippen LogP contribution is -2.05. The first-order valence-corrected chi connectivity index (χ1v) is 7.85. The molecule has 0 saturated carbocycles. The van der Waals surface area contributed by atoms with Crippen molar-refractivity contribution in [3.05, 3.63) is 33.9 Å². The number of carboxylic acid groups (broad SMARTS) is 1. The normalized spacial score (nSPS) is 16.6. The maximum absolute atomic E-state index is 12.1. The molecule has 1 unspecified atom stereocenters. The molecule has 7 nitrogen and oxygen atoms in total. The summed E-state index contributed by atoms with van der Waals surface area (Å²) in [5.41, 5.74) is 2.56. The summed E-state index contributed by atoms with van der Waals surface area (Å²) in [6, 6.07) is 0. The molecule has 0 saturated heterocycles. The standard InChI is InChI=1S/C18H22O7/c1-9(6-8-12(19)20)5-7-11-15(21)14-13(10(2)16(11)23-3)18(24-4)25-17(14)22/h5,18,21H,6-8H2,1-4H3,(H,19,20). The molecule has 1 atom stereocenters. The van der Waals surface area contributed by atoms with E-state index in [4.69, 9.17) is 19.3 Å². The van der Waals surface area contributed by atoms with Crippen LogP contribution in [0.1, 0.15) is 53.1 Å². The van der Waals surface area contributed by atoms with Gasteiger partial charge in [-0.3, -0.25) is 4.79 Å². The van der Waals surface area contributed by atoms with Gasteiger partial charge in [0.15, 0.2) is 0 Å². The fourth-order valence-electron chi connectivity index (χ4n) is 2.95. The van der Waals surface area contributed by atoms with Crippen LogP contribution in [0.4, 0.5) is 0 Å². The smallest absolute Gasteiger partial charge is 0.345 e. The summed E-state index contributed by atoms with van der Waals surface area (Å²) in [6.07, 6.45) is 1.70. The number of esters is 1. The number of cyclic esters (lactones) is 1. The Hall–Kier alpha value is -2.54. The average molecular weight is 350 g/mol. The van der Waals surface area contributed by atoms with Crippen molar-refractivity contribution in [2.45, 2.75) is 39.4 Å². The summed E-state index contributed by atoms with van der Waals surface area (Å²) in [5.74, 6) is -1.24. The summed E-state index contributed by atoms with van der Waals surface area (Å²) in [5, 5.41) is 19.3. The Morgan fingerprint density at radius 2 is 2.00 bits per heavy atom. The van der Waals surface area contributed by atoms with Gasteiger partial charge < -0.3 is 24.4 Å². The van der Waals surface area contributed by atoms with Crippen LogP contribution in [0.3, 0.4) is 0 Å². The second-order valence-electron chi connectivity index (χ2n) is 5.90. The fraction of sp³-hybridized carbons (Fsp3) is 0.444. The number of hydrogen-bond acceptors (Lipinski definition) is 6. The Bertz CT molecular complexity index is 734. The maximum atomic E-state index is 12.1. The molecule has 2 rings (SSSR count). The van der Waals surface area contributed by atoms with Gasteiger partial charge in [-0.1, -0.05) is 11.6 Å². The zero-order valence-electron chi connectivity index (χ0n) is 14.7. The predicted octanol–water partition coefficient (Wildman–Crippen LogP) is 2.88. The number of rotatable bonds is 7. The van der Waals surface area contributed by atoms with Crippen molar-refractivity contribution in [1.82, 2.24) is 0 Å². The van der Waals surface area contributed by atoms with E-state index in [9.17, 15) is 14.7 Å². The lowest BCUT2D eigenvalue weighted by atomic mass is 9.94. The number of carbonyl (C=O) groups is 2. The topological polar surface area (TPSA) is 102 Å². The molecule has 0 fully saturated rings. The Labute approximate surface area is 145 Å². The SMILES string of the molecule is COc1c(C)c2c(c(O)c1CC=C(C)CCC(=O)O)C(=O)OC2OC. The van der Waals surface area contributed by atoms with Crippen LogP contribution >= 0.6 is 0 Å². The molecular formula is C18H22O7. The summed E-state index contributed by atoms with van der Waals surface area (Å²) in [4.78, 5) is 22.7. The number of phenols is 1. The number of carboxylic acids is 1. The molecule has 0 amide bonds. The molecular weight excluding hydrogens is 328 g/mol. The minimum absolute atomic E-state index is 0.0382. The molecule has 0 bridgehead atoms. The number of hydrogen-bond donors (Lipinski definition) is 2. The van der Waals surface area contributed by atoms with E-state index in [2.05, 4.69) is 0 Å². The van der Waals surface area contributed by atoms with Gasteiger partial charge in [-0.05, 0) is 26.7 Å². The summed E-state index contributed by atoms with van der Waals surface area (Å²) >= 11 is 0. The molecule has 136 valence electrons. The number of benzene rings is 1. The van der Waals surface area contributed by atoms with Crippen LogP contribution in [0, 0.1) is 6.92 Å². The van der Waals surface area contributed by atoms with Crippen molar-refractivity contribution in [3.63, 3.8) is 0 Å². The lowest BCUT2D eigenvalue weighted by Gasteiger charge is -2.17. The van der Waals surface area contributed by atoms with Gasteiger partial charge in [0, 0.05) is 30.2 Å². The monoisotopic (exact) mass is 350 g/mol. The van der Waals surface area contributed by atoms with Crippen molar-refractivity contribution >= 4 is 11.9 Å². The number of ether oxygens (including phenoxy) is 3. The summed E-state index contributed by atoms with van der Waals surface area (Å²) in [6.45, 7) is 3.59. The molecule has 1 aliphatic heterocycles. The molecule has 2 N–H and O–H groups in total. The lowest BCUT2D eigenvalue weighted by molar-refractivity contribution is -0.136. The number of phenolic OH excluding ortho intramolecular Hbond substituents is 1. The van der Waals surface area contributed by atoms with E-state index in [0.29, 0.717) is 35.3 Å². The average Bonchev–Trinajstić information content (AvgIpc) is 2.91. The molecule has 0 spiro atoms. The zero-order valence-corrected chi connectivity index (χ0v) is 14.7. The Morgan fingerprint density at radius 1 is 1.32 bits per heavy atom. The first-order valence-electron chi connectivity index (χ1n) is 7.85. The maximum Gasteiger partial charge on any atom is 0.345 e. The van der Waals surface area contributed by atoms with Crippen LogP contribution in [-0.2, 0) is 20.7 Å². The van der Waals surface area contributed by atoms with E-state index in [-0.39, 0.29) is 17.7 Å². The van der Waals surface area contributed by atoms with Crippen molar-refractivity contribution < 1.29 is 34.0 Å². The third-order valence-electron chi connectivity index (χ3n) is 4.27. The molecule has 7 heteroatoms. The number of aromatic hydroxyl groups is 1. The predicted molar refractivity (Wildman–Crippen MR) is 88.9 cm³/mol. The minimum atomic E-state index is -0.871. The number of methoxy groups -OCH3 is 2. The van der Waals surface area contributed by atoms with Gasteiger partial charge in [0.05, 0.1) is 7.11 Å². The third-order valence-corrected chi connectivity index (χ3v) is 4.27. The molecule has 1 heterocycles. The Morgan fingerprint density at radius 3 is 2.56 bits per heavy atom. The van der Waals surface area contributed by atoms with Gasteiger partial charge in [0.2, 0.25) is 6.29 Å². The molecule has 0 aliphatic carbocycles. The quantitative estimate of drug-likeness (QED) is 0.576. The number of carbonyl (C=O) groups excluding carboxylic acids is 1. The van der Waals surface area contributed by atoms with E-state index in [1.54, 1.807) is 6.92 Å². The van der Waals surface area contributed by atoms with E-state index < -0.39 is 18.2 Å². The van der Waals surface area contributed by atoms with E-state index in [1.165, 1.54) is 14.2 Å². The minimum Gasteiger partial charge on any atom is -0.507 e. The molecule has 0 radical (unpaired) electrons. The Kier molecular flexibility index (Phi) is 5.69. The van der Waals surface area contributed by atoms with Crippen LogP contribution in [0.2, 0.25) is 0 Å². The summed E-state index contributed by atoms with van der Waals surface area (Å²) < 4.78 is 15.7. The molecule has 25 heavy (non-hydrogen) atoms.